The highest BCUT2D eigenvalue weighted by Gasteiger charge is 2.34. The van der Waals surface area contributed by atoms with E-state index >= 15 is 0 Å². The summed E-state index contributed by atoms with van der Waals surface area (Å²) >= 11 is 5.22. The summed E-state index contributed by atoms with van der Waals surface area (Å²) in [6, 6.07) is 16.3. The lowest BCUT2D eigenvalue weighted by Crippen LogP contribution is -2.54. The van der Waals surface area contributed by atoms with Crippen molar-refractivity contribution in [1.29, 1.82) is 0 Å². The lowest BCUT2D eigenvalue weighted by Gasteiger charge is -2.28. The summed E-state index contributed by atoms with van der Waals surface area (Å²) in [5, 5.41) is 6.63. The molecule has 2 amide bonds. The molecule has 0 aliphatic carbocycles. The van der Waals surface area contributed by atoms with Crippen molar-refractivity contribution in [3.05, 3.63) is 78.1 Å². The first-order valence-electron chi connectivity index (χ1n) is 8.74. The first-order valence-corrected chi connectivity index (χ1v) is 9.15. The molecule has 2 aromatic carbocycles. The molecule has 0 radical (unpaired) electrons. The molecule has 2 heterocycles. The van der Waals surface area contributed by atoms with Crippen LogP contribution < -0.4 is 15.0 Å². The van der Waals surface area contributed by atoms with Crippen LogP contribution in [-0.2, 0) is 16.6 Å². The number of anilines is 1. The average molecular weight is 404 g/mol. The number of nitrogens with zero attached hydrogens (tertiary/aromatic N) is 3. The number of amides is 2. The number of nitrogens with one attached hydrogen (secondary N) is 1. The van der Waals surface area contributed by atoms with Crippen molar-refractivity contribution in [1.82, 2.24) is 15.1 Å². The minimum absolute atomic E-state index is 0.0174. The van der Waals surface area contributed by atoms with Crippen molar-refractivity contribution in [3.8, 4) is 11.5 Å². The van der Waals surface area contributed by atoms with E-state index in [9.17, 15) is 9.59 Å². The van der Waals surface area contributed by atoms with E-state index in [-0.39, 0.29) is 10.7 Å². The van der Waals surface area contributed by atoms with Crippen LogP contribution in [0.15, 0.2) is 72.6 Å². The van der Waals surface area contributed by atoms with E-state index in [1.54, 1.807) is 48.4 Å². The Bertz CT molecular complexity index is 1120. The van der Waals surface area contributed by atoms with Crippen LogP contribution in [0.5, 0.6) is 11.5 Å². The maximum atomic E-state index is 13.0. The minimum Gasteiger partial charge on any atom is -0.457 e. The van der Waals surface area contributed by atoms with Gasteiger partial charge in [-0.3, -0.25) is 24.5 Å². The SMILES string of the molecule is Cn1cc(/C=C2/C(=O)NC(=S)N(c3ccc(Oc4ccccc4)cc3)C2=O)cn1. The monoisotopic (exact) mass is 404 g/mol. The fraction of sp³-hybridized carbons (Fsp3) is 0.0476. The molecular weight excluding hydrogens is 388 g/mol. The van der Waals surface area contributed by atoms with Crippen LogP contribution in [0.25, 0.3) is 6.08 Å². The van der Waals surface area contributed by atoms with E-state index in [1.807, 2.05) is 30.3 Å². The van der Waals surface area contributed by atoms with Crippen LogP contribution in [0, 0.1) is 0 Å². The fourth-order valence-corrected chi connectivity index (χ4v) is 3.14. The molecule has 0 spiro atoms. The lowest BCUT2D eigenvalue weighted by atomic mass is 10.1. The number of ether oxygens (including phenoxy) is 1. The molecule has 1 saturated heterocycles. The Kier molecular flexibility index (Phi) is 4.92. The summed E-state index contributed by atoms with van der Waals surface area (Å²) in [4.78, 5) is 26.6. The van der Waals surface area contributed by atoms with Gasteiger partial charge in [-0.05, 0) is 54.7 Å². The molecule has 7 nitrogen and oxygen atoms in total. The molecule has 29 heavy (non-hydrogen) atoms. The Morgan fingerprint density at radius 1 is 1.03 bits per heavy atom. The molecule has 0 bridgehead atoms. The van der Waals surface area contributed by atoms with Crippen LogP contribution in [0.4, 0.5) is 5.69 Å². The van der Waals surface area contributed by atoms with Gasteiger partial charge in [-0.15, -0.1) is 0 Å². The Morgan fingerprint density at radius 2 is 1.72 bits per heavy atom. The standard InChI is InChI=1S/C21H16N4O3S/c1-24-13-14(12-22-24)11-18-19(26)23-21(29)25(20(18)27)15-7-9-17(10-8-15)28-16-5-3-2-4-6-16/h2-13H,1H3,(H,23,26,29)/b18-11-. The lowest BCUT2D eigenvalue weighted by molar-refractivity contribution is -0.122. The molecule has 1 N–H and O–H groups in total. The number of carbonyl (C=O) groups is 2. The second-order valence-corrected chi connectivity index (χ2v) is 6.70. The Hall–Kier alpha value is -3.78. The maximum absolute atomic E-state index is 13.0. The van der Waals surface area contributed by atoms with E-state index in [0.29, 0.717) is 22.7 Å². The van der Waals surface area contributed by atoms with E-state index in [0.717, 1.165) is 0 Å². The molecule has 8 heteroatoms. The zero-order valence-electron chi connectivity index (χ0n) is 15.4. The molecule has 0 unspecified atom stereocenters. The molecule has 3 aromatic rings. The third kappa shape index (κ3) is 3.92. The van der Waals surface area contributed by atoms with Gasteiger partial charge in [0.15, 0.2) is 5.11 Å². The van der Waals surface area contributed by atoms with Gasteiger partial charge in [0.25, 0.3) is 11.8 Å². The molecule has 0 saturated carbocycles. The summed E-state index contributed by atoms with van der Waals surface area (Å²) < 4.78 is 7.36. The van der Waals surface area contributed by atoms with Gasteiger partial charge in [0, 0.05) is 18.8 Å². The quantitative estimate of drug-likeness (QED) is 0.411. The molecule has 1 aliphatic heterocycles. The zero-order valence-corrected chi connectivity index (χ0v) is 16.2. The smallest absolute Gasteiger partial charge is 0.270 e. The van der Waals surface area contributed by atoms with Crippen LogP contribution in [0.2, 0.25) is 0 Å². The first kappa shape index (κ1) is 18.6. The van der Waals surface area contributed by atoms with E-state index in [2.05, 4.69) is 10.4 Å². The number of hydrogen-bond acceptors (Lipinski definition) is 5. The van der Waals surface area contributed by atoms with Gasteiger partial charge in [-0.2, -0.15) is 5.10 Å². The van der Waals surface area contributed by atoms with Gasteiger partial charge in [0.05, 0.1) is 11.9 Å². The number of thiocarbonyl (C=S) groups is 1. The number of carbonyl (C=O) groups excluding carboxylic acids is 2. The van der Waals surface area contributed by atoms with Gasteiger partial charge < -0.3 is 4.74 Å². The predicted octanol–water partition coefficient (Wildman–Crippen LogP) is 3.04. The number of para-hydroxylation sites is 1. The van der Waals surface area contributed by atoms with Crippen molar-refractivity contribution < 1.29 is 14.3 Å². The number of rotatable bonds is 4. The van der Waals surface area contributed by atoms with Gasteiger partial charge in [0.1, 0.15) is 17.1 Å². The number of aromatic nitrogens is 2. The average Bonchev–Trinajstić information content (AvgIpc) is 3.12. The zero-order chi connectivity index (χ0) is 20.4. The summed E-state index contributed by atoms with van der Waals surface area (Å²) in [7, 11) is 1.76. The number of aryl methyl sites for hydroxylation is 1. The van der Waals surface area contributed by atoms with Gasteiger partial charge >= 0.3 is 0 Å². The third-order valence-electron chi connectivity index (χ3n) is 4.21. The number of benzene rings is 2. The second kappa shape index (κ2) is 7.69. The summed E-state index contributed by atoms with van der Waals surface area (Å²) in [6.07, 6.45) is 4.77. The van der Waals surface area contributed by atoms with Crippen molar-refractivity contribution in [3.63, 3.8) is 0 Å². The molecule has 0 atom stereocenters. The largest absolute Gasteiger partial charge is 0.457 e. The molecule has 1 fully saturated rings. The normalized spacial score (nSPS) is 15.6. The summed E-state index contributed by atoms with van der Waals surface area (Å²) in [5.41, 5.74) is 1.15. The van der Waals surface area contributed by atoms with Crippen LogP contribution in [-0.4, -0.2) is 26.7 Å². The van der Waals surface area contributed by atoms with Gasteiger partial charge in [-0.1, -0.05) is 18.2 Å². The van der Waals surface area contributed by atoms with Crippen LogP contribution >= 0.6 is 12.2 Å². The molecule has 1 aliphatic rings. The molecule has 144 valence electrons. The molecule has 1 aromatic heterocycles. The highest BCUT2D eigenvalue weighted by Crippen LogP contribution is 2.27. The second-order valence-electron chi connectivity index (χ2n) is 6.31. The topological polar surface area (TPSA) is 76.5 Å². The van der Waals surface area contributed by atoms with Crippen molar-refractivity contribution in [2.45, 2.75) is 0 Å². The Balaban J connectivity index is 1.59. The highest BCUT2D eigenvalue weighted by atomic mass is 32.1. The highest BCUT2D eigenvalue weighted by molar-refractivity contribution is 7.80. The minimum atomic E-state index is -0.538. The molecular formula is C21H16N4O3S. The first-order chi connectivity index (χ1) is 14.0. The number of hydrogen-bond donors (Lipinski definition) is 1. The molecule has 4 rings (SSSR count). The van der Waals surface area contributed by atoms with Crippen LogP contribution in [0.1, 0.15) is 5.56 Å². The predicted molar refractivity (Wildman–Crippen MR) is 112 cm³/mol. The Morgan fingerprint density at radius 3 is 2.38 bits per heavy atom. The maximum Gasteiger partial charge on any atom is 0.270 e. The van der Waals surface area contributed by atoms with E-state index < -0.39 is 11.8 Å². The van der Waals surface area contributed by atoms with E-state index in [1.165, 1.54) is 11.0 Å². The third-order valence-corrected chi connectivity index (χ3v) is 4.50. The summed E-state index contributed by atoms with van der Waals surface area (Å²) in [5.74, 6) is 0.285. The summed E-state index contributed by atoms with van der Waals surface area (Å²) in [6.45, 7) is 0. The van der Waals surface area contributed by atoms with E-state index in [4.69, 9.17) is 17.0 Å². The van der Waals surface area contributed by atoms with Crippen LogP contribution in [0.3, 0.4) is 0 Å². The fourth-order valence-electron chi connectivity index (χ4n) is 2.86. The van der Waals surface area contributed by atoms with Crippen molar-refractivity contribution >= 4 is 40.9 Å². The van der Waals surface area contributed by atoms with Crippen molar-refractivity contribution in [2.75, 3.05) is 4.90 Å². The van der Waals surface area contributed by atoms with Crippen molar-refractivity contribution in [2.24, 2.45) is 7.05 Å². The van der Waals surface area contributed by atoms with Gasteiger partial charge in [0.2, 0.25) is 0 Å². The Labute approximate surface area is 172 Å². The van der Waals surface area contributed by atoms with Gasteiger partial charge in [-0.25, -0.2) is 0 Å².